The Morgan fingerprint density at radius 3 is 2.79 bits per heavy atom. The molecule has 2 atom stereocenters. The molecule has 1 aromatic carbocycles. The van der Waals surface area contributed by atoms with E-state index in [1.165, 1.54) is 0 Å². The van der Waals surface area contributed by atoms with Gasteiger partial charge in [-0.15, -0.1) is 0 Å². The number of carboxylic acid groups (broad SMARTS) is 1. The average molecular weight is 262 g/mol. The normalized spacial score (nSPS) is 22.1. The fraction of sp³-hybridized carbons (Fsp3) is 0.429. The Morgan fingerprint density at radius 2 is 2.16 bits per heavy atom. The van der Waals surface area contributed by atoms with Gasteiger partial charge < -0.3 is 16.2 Å². The largest absolute Gasteiger partial charge is 0.481 e. The van der Waals surface area contributed by atoms with Gasteiger partial charge in [0.2, 0.25) is 5.91 Å². The van der Waals surface area contributed by atoms with Crippen molar-refractivity contribution in [1.29, 1.82) is 0 Å². The predicted octanol–water partition coefficient (Wildman–Crippen LogP) is 1.18. The minimum atomic E-state index is -0.771. The van der Waals surface area contributed by atoms with E-state index >= 15 is 0 Å². The smallest absolute Gasteiger partial charge is 0.306 e. The van der Waals surface area contributed by atoms with Gasteiger partial charge in [-0.25, -0.2) is 0 Å². The molecule has 2 unspecified atom stereocenters. The maximum atomic E-state index is 11.9. The third-order valence-corrected chi connectivity index (χ3v) is 3.46. The van der Waals surface area contributed by atoms with Gasteiger partial charge in [0.25, 0.3) is 0 Å². The van der Waals surface area contributed by atoms with Crippen LogP contribution >= 0.6 is 0 Å². The highest BCUT2D eigenvalue weighted by atomic mass is 16.4. The number of carbonyl (C=O) groups is 2. The first-order chi connectivity index (χ1) is 9.04. The molecule has 0 bridgehead atoms. The zero-order valence-corrected chi connectivity index (χ0v) is 10.6. The Hall–Kier alpha value is -2.04. The number of anilines is 1. The molecule has 0 heterocycles. The first-order valence-electron chi connectivity index (χ1n) is 6.41. The van der Waals surface area contributed by atoms with Gasteiger partial charge in [0.05, 0.1) is 12.3 Å². The zero-order valence-electron chi connectivity index (χ0n) is 10.6. The maximum Gasteiger partial charge on any atom is 0.306 e. The number of carbonyl (C=O) groups excluding carboxylic acids is 1. The Morgan fingerprint density at radius 1 is 1.37 bits per heavy atom. The molecule has 2 rings (SSSR count). The number of benzene rings is 1. The predicted molar refractivity (Wildman–Crippen MR) is 71.5 cm³/mol. The number of nitrogens with two attached hydrogens (primary N) is 1. The molecule has 1 amide bonds. The summed E-state index contributed by atoms with van der Waals surface area (Å²) >= 11 is 0. The minimum absolute atomic E-state index is 0.0188. The first kappa shape index (κ1) is 13.4. The van der Waals surface area contributed by atoms with Crippen LogP contribution in [0.15, 0.2) is 24.3 Å². The number of hydrogen-bond acceptors (Lipinski definition) is 3. The second-order valence-corrected chi connectivity index (χ2v) is 5.03. The van der Waals surface area contributed by atoms with Crippen molar-refractivity contribution >= 4 is 17.6 Å². The number of aliphatic carboxylic acids is 1. The Balaban J connectivity index is 1.84. The van der Waals surface area contributed by atoms with Crippen LogP contribution in [0.5, 0.6) is 0 Å². The first-order valence-corrected chi connectivity index (χ1v) is 6.41. The van der Waals surface area contributed by atoms with Crippen LogP contribution in [-0.4, -0.2) is 23.0 Å². The third-order valence-electron chi connectivity index (χ3n) is 3.46. The second kappa shape index (κ2) is 5.73. The molecule has 0 aliphatic heterocycles. The highest BCUT2D eigenvalue weighted by Gasteiger charge is 2.30. The Bertz CT molecular complexity index is 487. The van der Waals surface area contributed by atoms with Crippen LogP contribution in [0.25, 0.3) is 0 Å². The van der Waals surface area contributed by atoms with Gasteiger partial charge in [0, 0.05) is 11.7 Å². The second-order valence-electron chi connectivity index (χ2n) is 5.03. The van der Waals surface area contributed by atoms with E-state index in [1.807, 2.05) is 12.1 Å². The molecule has 1 aliphatic carbocycles. The van der Waals surface area contributed by atoms with Crippen LogP contribution in [0.1, 0.15) is 24.8 Å². The van der Waals surface area contributed by atoms with E-state index in [0.29, 0.717) is 18.5 Å². The molecule has 0 spiro atoms. The molecule has 5 nitrogen and oxygen atoms in total. The fourth-order valence-corrected chi connectivity index (χ4v) is 2.50. The lowest BCUT2D eigenvalue weighted by Gasteiger charge is -2.12. The SMILES string of the molecule is Nc1cccc(CC(=O)NC2CCC(C(=O)O)C2)c1. The van der Waals surface area contributed by atoms with Crippen LogP contribution < -0.4 is 11.1 Å². The van der Waals surface area contributed by atoms with E-state index in [1.54, 1.807) is 12.1 Å². The van der Waals surface area contributed by atoms with Crippen LogP contribution in [0, 0.1) is 5.92 Å². The van der Waals surface area contributed by atoms with Gasteiger partial charge in [-0.3, -0.25) is 9.59 Å². The molecule has 5 heteroatoms. The van der Waals surface area contributed by atoms with E-state index in [-0.39, 0.29) is 24.3 Å². The van der Waals surface area contributed by atoms with Crippen molar-refractivity contribution < 1.29 is 14.7 Å². The molecule has 19 heavy (non-hydrogen) atoms. The molecule has 0 saturated heterocycles. The molecule has 0 aromatic heterocycles. The van der Waals surface area contributed by atoms with Crippen molar-refractivity contribution in [3.63, 3.8) is 0 Å². The summed E-state index contributed by atoms with van der Waals surface area (Å²) in [4.78, 5) is 22.7. The summed E-state index contributed by atoms with van der Waals surface area (Å²) in [6.45, 7) is 0. The number of rotatable bonds is 4. The standard InChI is InChI=1S/C14H18N2O3/c15-11-3-1-2-9(6-11)7-13(17)16-12-5-4-10(8-12)14(18)19/h1-3,6,10,12H,4-5,7-8,15H2,(H,16,17)(H,18,19). The molecular weight excluding hydrogens is 244 g/mol. The fourth-order valence-electron chi connectivity index (χ4n) is 2.50. The van der Waals surface area contributed by atoms with Crippen LogP contribution in [0.3, 0.4) is 0 Å². The topological polar surface area (TPSA) is 92.4 Å². The molecule has 1 fully saturated rings. The highest BCUT2D eigenvalue weighted by molar-refractivity contribution is 5.79. The lowest BCUT2D eigenvalue weighted by atomic mass is 10.1. The van der Waals surface area contributed by atoms with Crippen molar-refractivity contribution in [3.05, 3.63) is 29.8 Å². The van der Waals surface area contributed by atoms with E-state index in [0.717, 1.165) is 12.0 Å². The van der Waals surface area contributed by atoms with Crippen molar-refractivity contribution in [2.24, 2.45) is 5.92 Å². The van der Waals surface area contributed by atoms with Crippen molar-refractivity contribution in [3.8, 4) is 0 Å². The summed E-state index contributed by atoms with van der Waals surface area (Å²) in [5, 5.41) is 11.8. The van der Waals surface area contributed by atoms with Gasteiger partial charge in [-0.05, 0) is 37.0 Å². The van der Waals surface area contributed by atoms with Crippen LogP contribution in [0.2, 0.25) is 0 Å². The lowest BCUT2D eigenvalue weighted by Crippen LogP contribution is -2.34. The summed E-state index contributed by atoms with van der Waals surface area (Å²) in [5.41, 5.74) is 7.15. The van der Waals surface area contributed by atoms with Gasteiger partial charge in [0.1, 0.15) is 0 Å². The van der Waals surface area contributed by atoms with E-state index in [4.69, 9.17) is 10.8 Å². The monoisotopic (exact) mass is 262 g/mol. The average Bonchev–Trinajstić information content (AvgIpc) is 2.77. The number of hydrogen-bond donors (Lipinski definition) is 3. The molecule has 102 valence electrons. The van der Waals surface area contributed by atoms with Gasteiger partial charge in [-0.1, -0.05) is 12.1 Å². The van der Waals surface area contributed by atoms with Gasteiger partial charge in [-0.2, -0.15) is 0 Å². The number of carboxylic acids is 1. The van der Waals surface area contributed by atoms with Gasteiger partial charge in [0.15, 0.2) is 0 Å². The van der Waals surface area contributed by atoms with E-state index in [9.17, 15) is 9.59 Å². The Kier molecular flexibility index (Phi) is 4.04. The summed E-state index contributed by atoms with van der Waals surface area (Å²) < 4.78 is 0. The van der Waals surface area contributed by atoms with Crippen molar-refractivity contribution in [2.45, 2.75) is 31.7 Å². The molecule has 1 aliphatic rings. The summed E-state index contributed by atoms with van der Waals surface area (Å²) in [5.74, 6) is -1.17. The van der Waals surface area contributed by atoms with Crippen LogP contribution in [-0.2, 0) is 16.0 Å². The third kappa shape index (κ3) is 3.71. The highest BCUT2D eigenvalue weighted by Crippen LogP contribution is 2.25. The van der Waals surface area contributed by atoms with Gasteiger partial charge >= 0.3 is 5.97 Å². The summed E-state index contributed by atoms with van der Waals surface area (Å²) in [6.07, 6.45) is 2.18. The molecule has 0 radical (unpaired) electrons. The van der Waals surface area contributed by atoms with Crippen molar-refractivity contribution in [1.82, 2.24) is 5.32 Å². The quantitative estimate of drug-likeness (QED) is 0.710. The molecule has 1 saturated carbocycles. The molecule has 4 N–H and O–H groups in total. The lowest BCUT2D eigenvalue weighted by molar-refractivity contribution is -0.141. The Labute approximate surface area is 111 Å². The number of nitrogens with one attached hydrogen (secondary N) is 1. The number of nitrogen functional groups attached to an aromatic ring is 1. The maximum absolute atomic E-state index is 11.9. The summed E-state index contributed by atoms with van der Waals surface area (Å²) in [7, 11) is 0. The molecule has 1 aromatic rings. The summed E-state index contributed by atoms with van der Waals surface area (Å²) in [6, 6.07) is 7.19. The number of amides is 1. The van der Waals surface area contributed by atoms with E-state index < -0.39 is 5.97 Å². The zero-order chi connectivity index (χ0) is 13.8. The van der Waals surface area contributed by atoms with E-state index in [2.05, 4.69) is 5.32 Å². The van der Waals surface area contributed by atoms with Crippen LogP contribution in [0.4, 0.5) is 5.69 Å². The molecular formula is C14H18N2O3. The van der Waals surface area contributed by atoms with Crippen molar-refractivity contribution in [2.75, 3.05) is 5.73 Å². The minimum Gasteiger partial charge on any atom is -0.481 e.